The fourth-order valence-corrected chi connectivity index (χ4v) is 4.78. The van der Waals surface area contributed by atoms with Crippen molar-refractivity contribution in [3.63, 3.8) is 0 Å². The topological polar surface area (TPSA) is 90.0 Å². The quantitative estimate of drug-likeness (QED) is 0.580. The van der Waals surface area contributed by atoms with Gasteiger partial charge in [0.2, 0.25) is 5.88 Å². The number of hydrogen-bond donors (Lipinski definition) is 1. The van der Waals surface area contributed by atoms with E-state index in [0.29, 0.717) is 16.7 Å². The van der Waals surface area contributed by atoms with Crippen LogP contribution in [0.2, 0.25) is 0 Å². The number of fused-ring (bicyclic) bond motifs is 1. The van der Waals surface area contributed by atoms with Gasteiger partial charge in [0.1, 0.15) is 11.9 Å². The van der Waals surface area contributed by atoms with Gasteiger partial charge in [0, 0.05) is 17.3 Å². The third kappa shape index (κ3) is 5.04. The van der Waals surface area contributed by atoms with Gasteiger partial charge in [0.25, 0.3) is 0 Å². The maximum absolute atomic E-state index is 12.9. The fraction of sp³-hybridized carbons (Fsp3) is 0.476. The van der Waals surface area contributed by atoms with Gasteiger partial charge in [-0.1, -0.05) is 6.42 Å². The minimum atomic E-state index is -1.37. The summed E-state index contributed by atoms with van der Waals surface area (Å²) in [6.45, 7) is 3.89. The minimum Gasteiger partial charge on any atom is -1.00 e. The number of aromatic nitrogens is 4. The van der Waals surface area contributed by atoms with Crippen LogP contribution >= 0.6 is 0 Å². The van der Waals surface area contributed by atoms with Crippen molar-refractivity contribution in [3.05, 3.63) is 35.2 Å². The molecule has 1 atom stereocenters. The van der Waals surface area contributed by atoms with E-state index in [4.69, 9.17) is 9.47 Å². The monoisotopic (exact) mass is 438 g/mol. The van der Waals surface area contributed by atoms with Crippen molar-refractivity contribution in [1.82, 2.24) is 19.9 Å². The Morgan fingerprint density at radius 2 is 2.00 bits per heavy atom. The van der Waals surface area contributed by atoms with Gasteiger partial charge in [-0.05, 0) is 51.7 Å². The van der Waals surface area contributed by atoms with Crippen molar-refractivity contribution in [1.29, 1.82) is 0 Å². The van der Waals surface area contributed by atoms with Crippen LogP contribution in [0.3, 0.4) is 0 Å². The molecule has 3 aromatic heterocycles. The number of pyridine rings is 2. The molecule has 7 nitrogen and oxygen atoms in total. The molecule has 156 valence electrons. The Balaban J connectivity index is 0.00000171. The van der Waals surface area contributed by atoms with Gasteiger partial charge in [-0.3, -0.25) is 9.19 Å². The molecule has 3 heterocycles. The molecule has 1 aliphatic rings. The van der Waals surface area contributed by atoms with Crippen LogP contribution in [0.25, 0.3) is 11.2 Å². The maximum atomic E-state index is 12.9. The molecular weight excluding hydrogens is 411 g/mol. The van der Waals surface area contributed by atoms with E-state index in [1.54, 1.807) is 19.4 Å². The second-order valence-corrected chi connectivity index (χ2v) is 8.84. The molecule has 1 N–H and O–H groups in total. The maximum Gasteiger partial charge on any atom is 1.00 e. The van der Waals surface area contributed by atoms with Crippen LogP contribution in [-0.2, 0) is 16.6 Å². The first-order chi connectivity index (χ1) is 14.0. The number of hydrogen-bond acceptors (Lipinski definition) is 6. The summed E-state index contributed by atoms with van der Waals surface area (Å²) >= 11 is 0. The van der Waals surface area contributed by atoms with Gasteiger partial charge in [-0.25, -0.2) is 4.98 Å². The second kappa shape index (κ2) is 10.2. The average molecular weight is 439 g/mol. The summed E-state index contributed by atoms with van der Waals surface area (Å²) in [5.74, 6) is 1.62. The number of aryl methyl sites for hydroxylation is 1. The van der Waals surface area contributed by atoms with E-state index in [1.807, 2.05) is 19.9 Å². The van der Waals surface area contributed by atoms with Crippen LogP contribution in [-0.4, -0.2) is 37.4 Å². The van der Waals surface area contributed by atoms with Gasteiger partial charge < -0.3 is 15.9 Å². The molecule has 0 amide bonds. The van der Waals surface area contributed by atoms with Crippen molar-refractivity contribution in [3.8, 4) is 11.6 Å². The molecule has 3 aromatic rings. The summed E-state index contributed by atoms with van der Waals surface area (Å²) in [6.07, 6.45) is 7.72. The summed E-state index contributed by atoms with van der Waals surface area (Å²) in [5.41, 5.74) is 3.86. The molecule has 0 aromatic carbocycles. The van der Waals surface area contributed by atoms with Gasteiger partial charge in [-0.2, -0.15) is 4.98 Å². The van der Waals surface area contributed by atoms with Crippen LogP contribution in [0.4, 0.5) is 0 Å². The third-order valence-corrected chi connectivity index (χ3v) is 6.55. The molecule has 4 rings (SSSR count). The Bertz CT molecular complexity index is 1060. The van der Waals surface area contributed by atoms with Crippen molar-refractivity contribution in [2.24, 2.45) is 0 Å². The number of aromatic amines is 1. The Morgan fingerprint density at radius 3 is 2.73 bits per heavy atom. The number of H-pyrrole nitrogens is 1. The van der Waals surface area contributed by atoms with Gasteiger partial charge >= 0.3 is 29.6 Å². The molecule has 0 saturated heterocycles. The van der Waals surface area contributed by atoms with E-state index in [1.165, 1.54) is 19.3 Å². The number of rotatable bonds is 6. The zero-order valence-corrected chi connectivity index (χ0v) is 20.8. The first kappa shape index (κ1) is 23.2. The molecule has 0 bridgehead atoms. The van der Waals surface area contributed by atoms with Crippen LogP contribution in [0.1, 0.15) is 50.4 Å². The summed E-state index contributed by atoms with van der Waals surface area (Å²) in [4.78, 5) is 16.6. The largest absolute Gasteiger partial charge is 1.00 e. The average Bonchev–Trinajstić information content (AvgIpc) is 3.13. The molecule has 1 unspecified atom stereocenters. The number of ether oxygens (including phenoxy) is 2. The Morgan fingerprint density at radius 1 is 1.23 bits per heavy atom. The van der Waals surface area contributed by atoms with E-state index >= 15 is 0 Å². The molecular formula is C21H27N4NaO3S. The Kier molecular flexibility index (Phi) is 7.90. The van der Waals surface area contributed by atoms with Crippen molar-refractivity contribution in [2.75, 3.05) is 7.11 Å². The predicted octanol–water partition coefficient (Wildman–Crippen LogP) is 1.11. The summed E-state index contributed by atoms with van der Waals surface area (Å²) in [5, 5.41) is 0.394. The molecule has 0 radical (unpaired) electrons. The number of nitrogens with one attached hydrogen (secondary N) is 1. The van der Waals surface area contributed by atoms with Gasteiger partial charge in [-0.15, -0.1) is 0 Å². The fourth-order valence-electron chi connectivity index (χ4n) is 3.69. The van der Waals surface area contributed by atoms with E-state index in [-0.39, 0.29) is 42.8 Å². The SMILES string of the molecule is COc1ccnc(CS(=O)c2nc3nc(OC4CCCCC4)c(C)cc3[nH]2)c1C.[H-].[Na+]. The van der Waals surface area contributed by atoms with E-state index in [0.717, 1.165) is 40.9 Å². The summed E-state index contributed by atoms with van der Waals surface area (Å²) in [6, 6.07) is 3.76. The zero-order chi connectivity index (χ0) is 20.4. The predicted molar refractivity (Wildman–Crippen MR) is 113 cm³/mol. The third-order valence-electron chi connectivity index (χ3n) is 5.39. The minimum absolute atomic E-state index is 0. The van der Waals surface area contributed by atoms with Crippen molar-refractivity contribution in [2.45, 2.75) is 63.0 Å². The molecule has 1 aliphatic carbocycles. The first-order valence-electron chi connectivity index (χ1n) is 9.96. The standard InChI is InChI=1S/C21H26N4O3S.Na.H/c1-13-11-16-19(24-20(13)28-15-7-5-4-6-8-15)25-21(23-16)29(26)12-17-14(2)18(27-3)9-10-22-17;;/h9-11,15H,4-8,12H2,1-3H3,(H,23,24,25);;/q;+1;-1. The normalized spacial score (nSPS) is 15.6. The zero-order valence-electron chi connectivity index (χ0n) is 19.0. The summed E-state index contributed by atoms with van der Waals surface area (Å²) < 4.78 is 24.4. The van der Waals surface area contributed by atoms with Crippen LogP contribution in [0.15, 0.2) is 23.5 Å². The van der Waals surface area contributed by atoms with Crippen molar-refractivity contribution >= 4 is 22.0 Å². The number of imidazole rings is 1. The van der Waals surface area contributed by atoms with Crippen LogP contribution < -0.4 is 39.0 Å². The second-order valence-electron chi connectivity index (χ2n) is 7.48. The van der Waals surface area contributed by atoms with Crippen LogP contribution in [0.5, 0.6) is 11.6 Å². The van der Waals surface area contributed by atoms with Crippen molar-refractivity contribution < 1.29 is 44.7 Å². The Labute approximate surface area is 202 Å². The van der Waals surface area contributed by atoms with Gasteiger partial charge in [0.15, 0.2) is 10.8 Å². The van der Waals surface area contributed by atoms with E-state index < -0.39 is 10.8 Å². The number of methoxy groups -OCH3 is 1. The van der Waals surface area contributed by atoms with Gasteiger partial charge in [0.05, 0.1) is 34.9 Å². The molecule has 9 heteroatoms. The van der Waals surface area contributed by atoms with Crippen LogP contribution in [0, 0.1) is 13.8 Å². The Hall–Kier alpha value is -1.48. The first-order valence-corrected chi connectivity index (χ1v) is 11.3. The smallest absolute Gasteiger partial charge is 1.00 e. The molecule has 0 aliphatic heterocycles. The van der Waals surface area contributed by atoms with E-state index in [2.05, 4.69) is 19.9 Å². The number of nitrogens with zero attached hydrogens (tertiary/aromatic N) is 3. The molecule has 0 spiro atoms. The molecule has 1 fully saturated rings. The summed E-state index contributed by atoms with van der Waals surface area (Å²) in [7, 11) is 0.242. The van der Waals surface area contributed by atoms with E-state index in [9.17, 15) is 4.21 Å². The molecule has 1 saturated carbocycles. The molecule has 30 heavy (non-hydrogen) atoms.